The van der Waals surface area contributed by atoms with Gasteiger partial charge < -0.3 is 0 Å². The minimum Gasteiger partial charge on any atom is -0.298 e. The van der Waals surface area contributed by atoms with Crippen molar-refractivity contribution in [1.29, 1.82) is 0 Å². The van der Waals surface area contributed by atoms with Gasteiger partial charge in [-0.15, -0.1) is 0 Å². The summed E-state index contributed by atoms with van der Waals surface area (Å²) in [7, 11) is 0. The van der Waals surface area contributed by atoms with Gasteiger partial charge in [0.05, 0.1) is 5.41 Å². The fourth-order valence-corrected chi connectivity index (χ4v) is 3.03. The number of rotatable bonds is 4. The highest BCUT2D eigenvalue weighted by Gasteiger charge is 2.50. The largest absolute Gasteiger partial charge is 0.298 e. The molecule has 0 atom stereocenters. The van der Waals surface area contributed by atoms with Crippen LogP contribution in [0.15, 0.2) is 47.2 Å². The Labute approximate surface area is 105 Å². The zero-order valence-electron chi connectivity index (χ0n) is 9.56. The quantitative estimate of drug-likeness (QED) is 0.800. The Morgan fingerprint density at radius 1 is 1.18 bits per heavy atom. The van der Waals surface area contributed by atoms with Gasteiger partial charge >= 0.3 is 0 Å². The van der Waals surface area contributed by atoms with Crippen molar-refractivity contribution in [3.8, 4) is 0 Å². The number of carbonyl (C=O) groups excluding carboxylic acids is 1. The molecule has 86 valence electrons. The normalized spacial score (nSPS) is 16.7. The predicted molar refractivity (Wildman–Crippen MR) is 70.4 cm³/mol. The average molecular weight is 242 g/mol. The fourth-order valence-electron chi connectivity index (χ4n) is 2.36. The molecule has 1 heterocycles. The first-order valence-corrected chi connectivity index (χ1v) is 6.85. The van der Waals surface area contributed by atoms with Crippen LogP contribution in [-0.2, 0) is 16.6 Å². The molecule has 0 radical (unpaired) electrons. The van der Waals surface area contributed by atoms with Gasteiger partial charge in [0.15, 0.2) is 0 Å². The predicted octanol–water partition coefficient (Wildman–Crippen LogP) is 3.59. The summed E-state index contributed by atoms with van der Waals surface area (Å²) in [5.74, 6) is 0.377. The van der Waals surface area contributed by atoms with Crippen molar-refractivity contribution >= 4 is 17.1 Å². The third kappa shape index (κ3) is 1.93. The van der Waals surface area contributed by atoms with Gasteiger partial charge in [-0.1, -0.05) is 30.3 Å². The molecule has 0 N–H and O–H groups in total. The number of benzene rings is 1. The summed E-state index contributed by atoms with van der Waals surface area (Å²) in [5.41, 5.74) is 2.19. The first-order chi connectivity index (χ1) is 8.31. The molecule has 1 aliphatic carbocycles. The van der Waals surface area contributed by atoms with Gasteiger partial charge in [0, 0.05) is 6.42 Å². The van der Waals surface area contributed by atoms with Crippen LogP contribution in [0.25, 0.3) is 0 Å². The lowest BCUT2D eigenvalue weighted by molar-refractivity contribution is -0.120. The molecular weight excluding hydrogens is 228 g/mol. The van der Waals surface area contributed by atoms with E-state index in [0.29, 0.717) is 12.2 Å². The lowest BCUT2D eigenvalue weighted by Gasteiger charge is -2.13. The number of Topliss-reactive ketones (excluding diaryl/α,β-unsaturated/α-hetero) is 1. The highest BCUT2D eigenvalue weighted by atomic mass is 32.1. The molecule has 0 aliphatic heterocycles. The molecule has 1 fully saturated rings. The van der Waals surface area contributed by atoms with Crippen LogP contribution in [-0.4, -0.2) is 5.78 Å². The summed E-state index contributed by atoms with van der Waals surface area (Å²) in [6, 6.07) is 12.3. The van der Waals surface area contributed by atoms with Crippen molar-refractivity contribution in [3.63, 3.8) is 0 Å². The molecule has 0 unspecified atom stereocenters. The van der Waals surface area contributed by atoms with Crippen molar-refractivity contribution in [2.45, 2.75) is 24.7 Å². The summed E-state index contributed by atoms with van der Waals surface area (Å²) < 4.78 is 0. The highest BCUT2D eigenvalue weighted by Crippen LogP contribution is 2.49. The fraction of sp³-hybridized carbons (Fsp3) is 0.267. The summed E-state index contributed by atoms with van der Waals surface area (Å²) in [6.07, 6.45) is 2.61. The standard InChI is InChI=1S/C15H14OS/c16-14(10-12-6-9-17-11-12)15(7-8-15)13-4-2-1-3-5-13/h1-6,9,11H,7-8,10H2. The maximum absolute atomic E-state index is 12.4. The van der Waals surface area contributed by atoms with Crippen molar-refractivity contribution in [2.75, 3.05) is 0 Å². The topological polar surface area (TPSA) is 17.1 Å². The van der Waals surface area contributed by atoms with E-state index in [4.69, 9.17) is 0 Å². The van der Waals surface area contributed by atoms with E-state index in [9.17, 15) is 4.79 Å². The van der Waals surface area contributed by atoms with Gasteiger partial charge in [-0.05, 0) is 40.8 Å². The zero-order valence-corrected chi connectivity index (χ0v) is 10.4. The smallest absolute Gasteiger partial charge is 0.147 e. The summed E-state index contributed by atoms with van der Waals surface area (Å²) in [5, 5.41) is 4.10. The maximum Gasteiger partial charge on any atom is 0.147 e. The molecule has 1 saturated carbocycles. The Kier molecular flexibility index (Phi) is 2.60. The number of carbonyl (C=O) groups is 1. The van der Waals surface area contributed by atoms with E-state index < -0.39 is 0 Å². The summed E-state index contributed by atoms with van der Waals surface area (Å²) >= 11 is 1.66. The van der Waals surface area contributed by atoms with Crippen molar-refractivity contribution < 1.29 is 4.79 Å². The van der Waals surface area contributed by atoms with Gasteiger partial charge in [-0.25, -0.2) is 0 Å². The van der Waals surface area contributed by atoms with Gasteiger partial charge in [0.1, 0.15) is 5.78 Å². The summed E-state index contributed by atoms with van der Waals surface area (Å²) in [6.45, 7) is 0. The second-order valence-electron chi connectivity index (χ2n) is 4.68. The van der Waals surface area contributed by atoms with Gasteiger partial charge in [-0.2, -0.15) is 11.3 Å². The molecule has 1 aliphatic rings. The molecule has 1 aromatic heterocycles. The SMILES string of the molecule is O=C(Cc1ccsc1)C1(c2ccccc2)CC1. The Bertz CT molecular complexity index is 509. The van der Waals surface area contributed by atoms with Crippen LogP contribution >= 0.6 is 11.3 Å². The molecule has 2 aromatic rings. The Morgan fingerprint density at radius 2 is 1.94 bits per heavy atom. The van der Waals surface area contributed by atoms with Crippen molar-refractivity contribution in [1.82, 2.24) is 0 Å². The lowest BCUT2D eigenvalue weighted by atomic mass is 9.88. The highest BCUT2D eigenvalue weighted by molar-refractivity contribution is 7.08. The first kappa shape index (κ1) is 10.7. The van der Waals surface area contributed by atoms with E-state index in [-0.39, 0.29) is 5.41 Å². The molecule has 1 aromatic carbocycles. The third-order valence-electron chi connectivity index (χ3n) is 3.55. The minimum absolute atomic E-state index is 0.163. The maximum atomic E-state index is 12.4. The van der Waals surface area contributed by atoms with E-state index in [0.717, 1.165) is 18.4 Å². The Hall–Kier alpha value is -1.41. The van der Waals surface area contributed by atoms with Gasteiger partial charge in [0.2, 0.25) is 0 Å². The van der Waals surface area contributed by atoms with E-state index in [1.165, 1.54) is 5.56 Å². The number of thiophene rings is 1. The van der Waals surface area contributed by atoms with E-state index >= 15 is 0 Å². The van der Waals surface area contributed by atoms with Gasteiger partial charge in [0.25, 0.3) is 0 Å². The second kappa shape index (κ2) is 4.11. The minimum atomic E-state index is -0.163. The van der Waals surface area contributed by atoms with Crippen molar-refractivity contribution in [2.24, 2.45) is 0 Å². The van der Waals surface area contributed by atoms with Crippen LogP contribution in [0.4, 0.5) is 0 Å². The molecule has 3 rings (SSSR count). The molecule has 0 amide bonds. The molecule has 0 bridgehead atoms. The zero-order chi connectivity index (χ0) is 11.7. The molecule has 0 spiro atoms. The van der Waals surface area contributed by atoms with Crippen molar-refractivity contribution in [3.05, 3.63) is 58.3 Å². The molecule has 1 nitrogen and oxygen atoms in total. The monoisotopic (exact) mass is 242 g/mol. The van der Waals surface area contributed by atoms with Crippen LogP contribution in [0, 0.1) is 0 Å². The Morgan fingerprint density at radius 3 is 2.53 bits per heavy atom. The van der Waals surface area contributed by atoms with Crippen LogP contribution in [0.5, 0.6) is 0 Å². The van der Waals surface area contributed by atoms with Gasteiger partial charge in [-0.3, -0.25) is 4.79 Å². The second-order valence-corrected chi connectivity index (χ2v) is 5.46. The van der Waals surface area contributed by atoms with Crippen LogP contribution in [0.2, 0.25) is 0 Å². The van der Waals surface area contributed by atoms with E-state index in [1.807, 2.05) is 29.6 Å². The average Bonchev–Trinajstić information content (AvgIpc) is 3.04. The molecule has 0 saturated heterocycles. The summed E-state index contributed by atoms with van der Waals surface area (Å²) in [4.78, 5) is 12.4. The molecular formula is C15H14OS. The van der Waals surface area contributed by atoms with E-state index in [1.54, 1.807) is 11.3 Å². The van der Waals surface area contributed by atoms with Crippen LogP contribution in [0.1, 0.15) is 24.0 Å². The number of ketones is 1. The Balaban J connectivity index is 1.82. The first-order valence-electron chi connectivity index (χ1n) is 5.91. The van der Waals surface area contributed by atoms with Crippen LogP contribution < -0.4 is 0 Å². The molecule has 17 heavy (non-hydrogen) atoms. The lowest BCUT2D eigenvalue weighted by Crippen LogP contribution is -2.22. The van der Waals surface area contributed by atoms with E-state index in [2.05, 4.69) is 17.5 Å². The number of hydrogen-bond donors (Lipinski definition) is 0. The van der Waals surface area contributed by atoms with Crippen LogP contribution in [0.3, 0.4) is 0 Å². The third-order valence-corrected chi connectivity index (χ3v) is 4.29. The number of hydrogen-bond acceptors (Lipinski definition) is 2. The molecule has 2 heteroatoms.